The molecule has 2 aliphatic carbocycles. The first-order valence-corrected chi connectivity index (χ1v) is 6.48. The third kappa shape index (κ3) is 2.93. The van der Waals surface area contributed by atoms with Gasteiger partial charge in [-0.15, -0.1) is 0 Å². The fourth-order valence-corrected chi connectivity index (χ4v) is 3.25. The molecule has 0 aromatic heterocycles. The molecule has 0 aromatic carbocycles. The quantitative estimate of drug-likeness (QED) is 0.563. The van der Waals surface area contributed by atoms with Crippen molar-refractivity contribution in [1.82, 2.24) is 10.6 Å². The van der Waals surface area contributed by atoms with Gasteiger partial charge in [-0.3, -0.25) is 0 Å². The lowest BCUT2D eigenvalue weighted by Crippen LogP contribution is -2.49. The molecule has 4 N–H and O–H groups in total. The van der Waals surface area contributed by atoms with Crippen LogP contribution in [0, 0.1) is 17.8 Å². The highest BCUT2D eigenvalue weighted by Crippen LogP contribution is 2.47. The lowest BCUT2D eigenvalue weighted by Gasteiger charge is -2.22. The standard InChI is InChI=1S/C12H20N2O4/c15-6-10(11(16)17)14-12(18)13-5-9-4-7-1-2-8(9)3-7/h7-10,15H,1-6H2,(H,16,17)(H2,13,14,18)/t7?,8?,9?,10-/m0/s1. The van der Waals surface area contributed by atoms with Crippen LogP contribution in [0.3, 0.4) is 0 Å². The SMILES string of the molecule is O=C(NCC1CC2CCC1C2)N[C@@H](CO)C(=O)O. The molecule has 3 unspecified atom stereocenters. The average Bonchev–Trinajstić information content (AvgIpc) is 2.95. The third-order valence-corrected chi connectivity index (χ3v) is 4.20. The number of carbonyl (C=O) groups is 2. The van der Waals surface area contributed by atoms with Crippen LogP contribution >= 0.6 is 0 Å². The second-order valence-electron chi connectivity index (χ2n) is 5.36. The molecule has 0 radical (unpaired) electrons. The number of hydrogen-bond acceptors (Lipinski definition) is 3. The second-order valence-corrected chi connectivity index (χ2v) is 5.36. The lowest BCUT2D eigenvalue weighted by molar-refractivity contribution is -0.140. The van der Waals surface area contributed by atoms with Crippen LogP contribution in [0.2, 0.25) is 0 Å². The lowest BCUT2D eigenvalue weighted by atomic mass is 9.89. The van der Waals surface area contributed by atoms with E-state index in [0.717, 1.165) is 11.8 Å². The molecule has 0 heterocycles. The van der Waals surface area contributed by atoms with Crippen molar-refractivity contribution in [2.45, 2.75) is 31.7 Å². The number of amides is 2. The van der Waals surface area contributed by atoms with Crippen LogP contribution in [0.5, 0.6) is 0 Å². The van der Waals surface area contributed by atoms with Gasteiger partial charge in [0.05, 0.1) is 6.61 Å². The number of nitrogens with one attached hydrogen (secondary N) is 2. The summed E-state index contributed by atoms with van der Waals surface area (Å²) in [7, 11) is 0. The average molecular weight is 256 g/mol. The van der Waals surface area contributed by atoms with Crippen LogP contribution in [0.4, 0.5) is 4.79 Å². The first-order valence-electron chi connectivity index (χ1n) is 6.48. The normalized spacial score (nSPS) is 31.1. The minimum absolute atomic E-state index is 0.515. The number of hydrogen-bond donors (Lipinski definition) is 4. The van der Waals surface area contributed by atoms with Crippen LogP contribution in [0.15, 0.2) is 0 Å². The number of carboxylic acids is 1. The molecule has 4 atom stereocenters. The fourth-order valence-electron chi connectivity index (χ4n) is 3.25. The van der Waals surface area contributed by atoms with Crippen LogP contribution in [-0.2, 0) is 4.79 Å². The first-order chi connectivity index (χ1) is 8.60. The molecule has 0 aliphatic heterocycles. The molecular formula is C12H20N2O4. The van der Waals surface area contributed by atoms with Crippen molar-refractivity contribution in [3.63, 3.8) is 0 Å². The van der Waals surface area contributed by atoms with E-state index in [9.17, 15) is 9.59 Å². The molecule has 2 fully saturated rings. The van der Waals surface area contributed by atoms with Crippen molar-refractivity contribution >= 4 is 12.0 Å². The Balaban J connectivity index is 1.70. The molecule has 2 aliphatic rings. The van der Waals surface area contributed by atoms with Gasteiger partial charge < -0.3 is 20.8 Å². The van der Waals surface area contributed by atoms with Gasteiger partial charge in [0.15, 0.2) is 6.04 Å². The van der Waals surface area contributed by atoms with Crippen LogP contribution in [0.1, 0.15) is 25.7 Å². The fraction of sp³-hybridized carbons (Fsp3) is 0.833. The van der Waals surface area contributed by atoms with Gasteiger partial charge >= 0.3 is 12.0 Å². The number of urea groups is 1. The first kappa shape index (κ1) is 13.1. The van der Waals surface area contributed by atoms with Crippen molar-refractivity contribution < 1.29 is 19.8 Å². The molecule has 0 spiro atoms. The predicted octanol–water partition coefficient (Wildman–Crippen LogP) is 0.167. The van der Waals surface area contributed by atoms with Gasteiger partial charge in [0.1, 0.15) is 0 Å². The van der Waals surface area contributed by atoms with Gasteiger partial charge in [-0.1, -0.05) is 6.42 Å². The number of aliphatic carboxylic acids is 1. The van der Waals surface area contributed by atoms with E-state index in [1.54, 1.807) is 0 Å². The number of fused-ring (bicyclic) bond motifs is 2. The summed E-state index contributed by atoms with van der Waals surface area (Å²) in [5.41, 5.74) is 0. The number of aliphatic hydroxyl groups is 1. The monoisotopic (exact) mass is 256 g/mol. The minimum Gasteiger partial charge on any atom is -0.480 e. The molecule has 6 nitrogen and oxygen atoms in total. The highest BCUT2D eigenvalue weighted by atomic mass is 16.4. The van der Waals surface area contributed by atoms with Gasteiger partial charge in [-0.05, 0) is 37.0 Å². The van der Waals surface area contributed by atoms with E-state index in [-0.39, 0.29) is 0 Å². The minimum atomic E-state index is -1.23. The number of carboxylic acid groups (broad SMARTS) is 1. The van der Waals surface area contributed by atoms with Gasteiger partial charge in [-0.2, -0.15) is 0 Å². The third-order valence-electron chi connectivity index (χ3n) is 4.20. The van der Waals surface area contributed by atoms with E-state index in [0.29, 0.717) is 12.5 Å². The molecule has 2 amide bonds. The zero-order chi connectivity index (χ0) is 13.1. The zero-order valence-corrected chi connectivity index (χ0v) is 10.3. The van der Waals surface area contributed by atoms with Gasteiger partial charge in [0, 0.05) is 6.54 Å². The van der Waals surface area contributed by atoms with Gasteiger partial charge in [0.2, 0.25) is 0 Å². The van der Waals surface area contributed by atoms with Crippen molar-refractivity contribution in [1.29, 1.82) is 0 Å². The highest BCUT2D eigenvalue weighted by molar-refractivity contribution is 5.82. The Morgan fingerprint density at radius 1 is 1.28 bits per heavy atom. The number of aliphatic hydroxyl groups excluding tert-OH is 1. The molecule has 102 valence electrons. The molecule has 2 saturated carbocycles. The maximum Gasteiger partial charge on any atom is 0.328 e. The number of rotatable bonds is 5. The Kier molecular flexibility index (Phi) is 4.06. The Bertz CT molecular complexity index is 334. The molecular weight excluding hydrogens is 236 g/mol. The summed E-state index contributed by atoms with van der Waals surface area (Å²) < 4.78 is 0. The van der Waals surface area contributed by atoms with E-state index in [1.165, 1.54) is 25.7 Å². The van der Waals surface area contributed by atoms with E-state index < -0.39 is 24.6 Å². The van der Waals surface area contributed by atoms with Crippen LogP contribution in [-0.4, -0.2) is 41.4 Å². The van der Waals surface area contributed by atoms with Crippen molar-refractivity contribution in [2.75, 3.05) is 13.2 Å². The smallest absolute Gasteiger partial charge is 0.328 e. The van der Waals surface area contributed by atoms with Gasteiger partial charge in [0.25, 0.3) is 0 Å². The summed E-state index contributed by atoms with van der Waals surface area (Å²) in [5.74, 6) is 0.858. The molecule has 18 heavy (non-hydrogen) atoms. The van der Waals surface area contributed by atoms with Crippen molar-refractivity contribution in [3.8, 4) is 0 Å². The molecule has 0 aromatic rings. The molecule has 2 rings (SSSR count). The largest absolute Gasteiger partial charge is 0.480 e. The molecule has 0 saturated heterocycles. The van der Waals surface area contributed by atoms with E-state index in [2.05, 4.69) is 10.6 Å². The molecule has 2 bridgehead atoms. The Morgan fingerprint density at radius 2 is 2.06 bits per heavy atom. The maximum absolute atomic E-state index is 11.5. The summed E-state index contributed by atoms with van der Waals surface area (Å²) >= 11 is 0. The Morgan fingerprint density at radius 3 is 2.56 bits per heavy atom. The summed E-state index contributed by atoms with van der Waals surface area (Å²) in [4.78, 5) is 22.1. The number of carbonyl (C=O) groups excluding carboxylic acids is 1. The van der Waals surface area contributed by atoms with Crippen molar-refractivity contribution in [3.05, 3.63) is 0 Å². The van der Waals surface area contributed by atoms with E-state index >= 15 is 0 Å². The molecule has 6 heteroatoms. The summed E-state index contributed by atoms with van der Waals surface area (Å²) in [5, 5.41) is 22.4. The second kappa shape index (κ2) is 5.56. The van der Waals surface area contributed by atoms with Crippen LogP contribution in [0.25, 0.3) is 0 Å². The maximum atomic E-state index is 11.5. The topological polar surface area (TPSA) is 98.7 Å². The summed E-state index contributed by atoms with van der Waals surface area (Å²) in [6.07, 6.45) is 5.03. The van der Waals surface area contributed by atoms with Gasteiger partial charge in [-0.25, -0.2) is 9.59 Å². The van der Waals surface area contributed by atoms with E-state index in [4.69, 9.17) is 10.2 Å². The van der Waals surface area contributed by atoms with E-state index in [1.807, 2.05) is 0 Å². The summed E-state index contributed by atoms with van der Waals surface area (Å²) in [6.45, 7) is 0.00164. The predicted molar refractivity (Wildman–Crippen MR) is 64.0 cm³/mol. The van der Waals surface area contributed by atoms with Crippen molar-refractivity contribution in [2.24, 2.45) is 17.8 Å². The zero-order valence-electron chi connectivity index (χ0n) is 10.3. The Labute approximate surface area is 106 Å². The summed E-state index contributed by atoms with van der Waals surface area (Å²) in [6, 6.07) is -1.75. The highest BCUT2D eigenvalue weighted by Gasteiger charge is 2.39. The van der Waals surface area contributed by atoms with Crippen LogP contribution < -0.4 is 10.6 Å². The Hall–Kier alpha value is -1.30.